The Morgan fingerprint density at radius 1 is 1.10 bits per heavy atom. The summed E-state index contributed by atoms with van der Waals surface area (Å²) < 4.78 is 5.77. The van der Waals surface area contributed by atoms with Crippen LogP contribution >= 0.6 is 11.6 Å². The van der Waals surface area contributed by atoms with Crippen LogP contribution in [0.2, 0.25) is 5.02 Å². The third-order valence-electron chi connectivity index (χ3n) is 3.48. The van der Waals surface area contributed by atoms with Crippen molar-refractivity contribution in [1.29, 1.82) is 0 Å². The molecular formula is C16H16ClNO2. The Labute approximate surface area is 123 Å². The van der Waals surface area contributed by atoms with Crippen LogP contribution in [0.15, 0.2) is 42.5 Å². The molecule has 0 saturated carbocycles. The normalized spacial score (nSPS) is 14.4. The monoisotopic (exact) mass is 289 g/mol. The van der Waals surface area contributed by atoms with E-state index in [0.29, 0.717) is 11.6 Å². The first-order valence-corrected chi connectivity index (χ1v) is 7.06. The summed E-state index contributed by atoms with van der Waals surface area (Å²) >= 11 is 6.20. The maximum atomic E-state index is 9.61. The molecule has 2 aromatic carbocycles. The molecule has 20 heavy (non-hydrogen) atoms. The maximum absolute atomic E-state index is 9.61. The van der Waals surface area contributed by atoms with Crippen LogP contribution in [0.25, 0.3) is 0 Å². The zero-order valence-corrected chi connectivity index (χ0v) is 11.8. The summed E-state index contributed by atoms with van der Waals surface area (Å²) in [6.07, 6.45) is 0.923. The van der Waals surface area contributed by atoms with Crippen LogP contribution in [0.1, 0.15) is 12.0 Å². The fourth-order valence-electron chi connectivity index (χ4n) is 2.53. The standard InChI is InChI=1S/C16H16ClNO2/c17-13-5-3-7-14(12(13)11-19)18-9-4-10-20-16-8-2-1-6-15(16)18/h1-3,5-8,19H,4,9-11H2. The van der Waals surface area contributed by atoms with Crippen molar-refractivity contribution >= 4 is 23.0 Å². The lowest BCUT2D eigenvalue weighted by molar-refractivity contribution is 0.282. The number of para-hydroxylation sites is 2. The first-order valence-electron chi connectivity index (χ1n) is 6.69. The first kappa shape index (κ1) is 13.3. The van der Waals surface area contributed by atoms with Crippen LogP contribution in [0.4, 0.5) is 11.4 Å². The third kappa shape index (κ3) is 2.35. The van der Waals surface area contributed by atoms with E-state index in [-0.39, 0.29) is 6.61 Å². The molecule has 0 fully saturated rings. The zero-order chi connectivity index (χ0) is 13.9. The lowest BCUT2D eigenvalue weighted by Crippen LogP contribution is -2.19. The van der Waals surface area contributed by atoms with E-state index in [2.05, 4.69) is 4.90 Å². The number of aliphatic hydroxyl groups is 1. The lowest BCUT2D eigenvalue weighted by atomic mass is 10.1. The molecule has 1 N–H and O–H groups in total. The van der Waals surface area contributed by atoms with E-state index in [1.54, 1.807) is 6.07 Å². The third-order valence-corrected chi connectivity index (χ3v) is 3.84. The van der Waals surface area contributed by atoms with Crippen molar-refractivity contribution in [3.63, 3.8) is 0 Å². The van der Waals surface area contributed by atoms with E-state index in [1.165, 1.54) is 0 Å². The summed E-state index contributed by atoms with van der Waals surface area (Å²) in [6.45, 7) is 1.46. The van der Waals surface area contributed by atoms with Crippen LogP contribution in [0.3, 0.4) is 0 Å². The Morgan fingerprint density at radius 2 is 1.90 bits per heavy atom. The molecule has 2 aromatic rings. The average molecular weight is 290 g/mol. The van der Waals surface area contributed by atoms with Gasteiger partial charge >= 0.3 is 0 Å². The van der Waals surface area contributed by atoms with Crippen molar-refractivity contribution in [1.82, 2.24) is 0 Å². The number of aliphatic hydroxyl groups excluding tert-OH is 1. The number of hydrogen-bond donors (Lipinski definition) is 1. The van der Waals surface area contributed by atoms with Crippen molar-refractivity contribution in [3.05, 3.63) is 53.1 Å². The second-order valence-corrected chi connectivity index (χ2v) is 5.12. The molecule has 0 bridgehead atoms. The number of hydrogen-bond acceptors (Lipinski definition) is 3. The second-order valence-electron chi connectivity index (χ2n) is 4.72. The number of nitrogens with zero attached hydrogens (tertiary/aromatic N) is 1. The van der Waals surface area contributed by atoms with Gasteiger partial charge in [0.15, 0.2) is 0 Å². The predicted molar refractivity (Wildman–Crippen MR) is 80.9 cm³/mol. The van der Waals surface area contributed by atoms with Crippen molar-refractivity contribution in [2.75, 3.05) is 18.1 Å². The smallest absolute Gasteiger partial charge is 0.142 e. The number of halogens is 1. The quantitative estimate of drug-likeness (QED) is 0.914. The lowest BCUT2D eigenvalue weighted by Gasteiger charge is -2.26. The number of rotatable bonds is 2. The summed E-state index contributed by atoms with van der Waals surface area (Å²) in [5.41, 5.74) is 2.71. The second kappa shape index (κ2) is 5.73. The Morgan fingerprint density at radius 3 is 2.75 bits per heavy atom. The SMILES string of the molecule is OCc1c(Cl)cccc1N1CCCOc2ccccc21. The molecule has 3 nitrogen and oxygen atoms in total. The summed E-state index contributed by atoms with van der Waals surface area (Å²) in [7, 11) is 0. The van der Waals surface area contributed by atoms with Gasteiger partial charge < -0.3 is 14.7 Å². The summed E-state index contributed by atoms with van der Waals surface area (Å²) in [4.78, 5) is 2.17. The van der Waals surface area contributed by atoms with Gasteiger partial charge in [0, 0.05) is 22.8 Å². The van der Waals surface area contributed by atoms with Crippen molar-refractivity contribution in [3.8, 4) is 5.75 Å². The number of benzene rings is 2. The van der Waals surface area contributed by atoms with Crippen LogP contribution in [0.5, 0.6) is 5.75 Å². The highest BCUT2D eigenvalue weighted by Gasteiger charge is 2.20. The Kier molecular flexibility index (Phi) is 3.81. The molecule has 104 valence electrons. The molecule has 0 atom stereocenters. The zero-order valence-electron chi connectivity index (χ0n) is 11.1. The van der Waals surface area contributed by atoms with Gasteiger partial charge in [-0.15, -0.1) is 0 Å². The molecule has 1 heterocycles. The van der Waals surface area contributed by atoms with Crippen molar-refractivity contribution < 1.29 is 9.84 Å². The highest BCUT2D eigenvalue weighted by atomic mass is 35.5. The minimum absolute atomic E-state index is 0.0749. The van der Waals surface area contributed by atoms with E-state index < -0.39 is 0 Å². The van der Waals surface area contributed by atoms with Gasteiger partial charge in [-0.25, -0.2) is 0 Å². The Balaban J connectivity index is 2.12. The first-order chi connectivity index (χ1) is 9.81. The van der Waals surface area contributed by atoms with E-state index >= 15 is 0 Å². The predicted octanol–water partition coefficient (Wildman–Crippen LogP) is 3.75. The molecule has 0 aromatic heterocycles. The number of ether oxygens (including phenoxy) is 1. The van der Waals surface area contributed by atoms with Gasteiger partial charge in [0.05, 0.1) is 18.9 Å². The molecule has 4 heteroatoms. The van der Waals surface area contributed by atoms with Gasteiger partial charge in [-0.2, -0.15) is 0 Å². The van der Waals surface area contributed by atoms with Crippen LogP contribution in [0, 0.1) is 0 Å². The van der Waals surface area contributed by atoms with E-state index in [1.807, 2.05) is 36.4 Å². The van der Waals surface area contributed by atoms with Crippen LogP contribution in [-0.2, 0) is 6.61 Å². The summed E-state index contributed by atoms with van der Waals surface area (Å²) in [5, 5.41) is 10.2. The van der Waals surface area contributed by atoms with Gasteiger partial charge in [-0.1, -0.05) is 29.8 Å². The minimum Gasteiger partial charge on any atom is -0.491 e. The fourth-order valence-corrected chi connectivity index (χ4v) is 2.76. The molecule has 0 radical (unpaired) electrons. The molecular weight excluding hydrogens is 274 g/mol. The van der Waals surface area contributed by atoms with Gasteiger partial charge in [0.1, 0.15) is 5.75 Å². The fraction of sp³-hybridized carbons (Fsp3) is 0.250. The van der Waals surface area contributed by atoms with Gasteiger partial charge in [-0.3, -0.25) is 0 Å². The Bertz CT molecular complexity index is 615. The highest BCUT2D eigenvalue weighted by Crippen LogP contribution is 2.38. The van der Waals surface area contributed by atoms with Gasteiger partial charge in [-0.05, 0) is 30.7 Å². The molecule has 0 aliphatic carbocycles. The summed E-state index contributed by atoms with van der Waals surface area (Å²) in [6, 6.07) is 13.7. The van der Waals surface area contributed by atoms with Crippen molar-refractivity contribution in [2.24, 2.45) is 0 Å². The molecule has 0 amide bonds. The van der Waals surface area contributed by atoms with Gasteiger partial charge in [0.2, 0.25) is 0 Å². The van der Waals surface area contributed by atoms with Crippen LogP contribution in [-0.4, -0.2) is 18.3 Å². The Hall–Kier alpha value is -1.71. The maximum Gasteiger partial charge on any atom is 0.142 e. The number of fused-ring (bicyclic) bond motifs is 1. The van der Waals surface area contributed by atoms with E-state index in [4.69, 9.17) is 16.3 Å². The van der Waals surface area contributed by atoms with E-state index in [9.17, 15) is 5.11 Å². The number of anilines is 2. The minimum atomic E-state index is -0.0749. The molecule has 1 aliphatic rings. The molecule has 0 spiro atoms. The van der Waals surface area contributed by atoms with Crippen LogP contribution < -0.4 is 9.64 Å². The topological polar surface area (TPSA) is 32.7 Å². The molecule has 0 saturated heterocycles. The van der Waals surface area contributed by atoms with Gasteiger partial charge in [0.25, 0.3) is 0 Å². The van der Waals surface area contributed by atoms with Crippen molar-refractivity contribution in [2.45, 2.75) is 13.0 Å². The average Bonchev–Trinajstić information content (AvgIpc) is 2.69. The summed E-state index contributed by atoms with van der Waals surface area (Å²) in [5.74, 6) is 0.869. The molecule has 1 aliphatic heterocycles. The van der Waals surface area contributed by atoms with E-state index in [0.717, 1.165) is 35.7 Å². The largest absolute Gasteiger partial charge is 0.491 e. The molecule has 3 rings (SSSR count). The highest BCUT2D eigenvalue weighted by molar-refractivity contribution is 6.31. The molecule has 0 unspecified atom stereocenters.